The number of benzene rings is 2. The van der Waals surface area contributed by atoms with Gasteiger partial charge in [0.25, 0.3) is 0 Å². The van der Waals surface area contributed by atoms with E-state index in [1.807, 2.05) is 60.7 Å². The summed E-state index contributed by atoms with van der Waals surface area (Å²) in [6.07, 6.45) is 1.45. The van der Waals surface area contributed by atoms with Gasteiger partial charge in [0, 0.05) is 12.1 Å². The van der Waals surface area contributed by atoms with Crippen LogP contribution in [-0.2, 0) is 27.5 Å². The number of fused-ring (bicyclic) bond motifs is 2. The maximum absolute atomic E-state index is 12.7. The maximum Gasteiger partial charge on any atom is 0.410 e. The number of piperidine rings is 1. The van der Waals surface area contributed by atoms with Gasteiger partial charge in [-0.05, 0) is 42.7 Å². The number of hydrogen-bond acceptors (Lipinski definition) is 5. The number of carbonyl (C=O) groups is 3. The zero-order valence-electron chi connectivity index (χ0n) is 18.3. The van der Waals surface area contributed by atoms with Gasteiger partial charge in [0.1, 0.15) is 19.3 Å². The lowest BCUT2D eigenvalue weighted by atomic mass is 9.85. The fourth-order valence-electron chi connectivity index (χ4n) is 4.86. The number of nitrogens with one attached hydrogen (secondary N) is 1. The van der Waals surface area contributed by atoms with Crippen molar-refractivity contribution in [3.05, 3.63) is 71.8 Å². The minimum Gasteiger partial charge on any atom is -0.480 e. The predicted octanol–water partition coefficient (Wildman–Crippen LogP) is 3.95. The number of rotatable bonds is 7. The molecule has 2 bridgehead atoms. The first-order chi connectivity index (χ1) is 16.0. The van der Waals surface area contributed by atoms with E-state index < -0.39 is 18.1 Å². The lowest BCUT2D eigenvalue weighted by molar-refractivity contribution is -0.141. The number of carboxylic acid groups (broad SMARTS) is 1. The number of alkyl carbamates (subject to hydrolysis) is 1. The van der Waals surface area contributed by atoms with Crippen LogP contribution in [0.5, 0.6) is 0 Å². The molecule has 8 nitrogen and oxygen atoms in total. The lowest BCUT2D eigenvalue weighted by Crippen LogP contribution is -2.54. The minimum atomic E-state index is -1.10. The highest BCUT2D eigenvalue weighted by Crippen LogP contribution is 2.40. The van der Waals surface area contributed by atoms with Gasteiger partial charge in [-0.3, -0.25) is 0 Å². The molecule has 4 rings (SSSR count). The molecule has 0 spiro atoms. The molecule has 2 unspecified atom stereocenters. The largest absolute Gasteiger partial charge is 0.480 e. The molecule has 2 aromatic carbocycles. The Morgan fingerprint density at radius 3 is 1.91 bits per heavy atom. The Balaban J connectivity index is 1.32. The highest BCUT2D eigenvalue weighted by atomic mass is 16.6. The average Bonchev–Trinajstić information content (AvgIpc) is 3.10. The summed E-state index contributed by atoms with van der Waals surface area (Å²) in [5.74, 6) is -1.39. The standard InChI is InChI=1S/C25H28N2O6/c28-23(29)22(26-24(30)32-15-17-7-3-1-4-8-17)19-13-20-11-12-21(14-19)27(20)25(31)33-16-18-9-5-2-6-10-18/h1-10,19-22H,11-16H2,(H,26,30)(H,28,29)/t19?,20?,21?,22-/m0/s1. The topological polar surface area (TPSA) is 105 Å². The quantitative estimate of drug-likeness (QED) is 0.659. The molecular formula is C25H28N2O6. The third-order valence-electron chi connectivity index (χ3n) is 6.41. The number of ether oxygens (including phenoxy) is 2. The molecule has 0 aromatic heterocycles. The molecule has 2 saturated heterocycles. The van der Waals surface area contributed by atoms with Crippen LogP contribution in [0.25, 0.3) is 0 Å². The first-order valence-corrected chi connectivity index (χ1v) is 11.2. The van der Waals surface area contributed by atoms with Gasteiger partial charge in [0.05, 0.1) is 0 Å². The van der Waals surface area contributed by atoms with Gasteiger partial charge in [-0.25, -0.2) is 14.4 Å². The molecule has 2 fully saturated rings. The van der Waals surface area contributed by atoms with Crippen LogP contribution in [0.1, 0.15) is 36.8 Å². The van der Waals surface area contributed by atoms with Crippen LogP contribution in [0.3, 0.4) is 0 Å². The van der Waals surface area contributed by atoms with Crippen LogP contribution in [-0.4, -0.2) is 46.3 Å². The number of nitrogens with zero attached hydrogens (tertiary/aromatic N) is 1. The van der Waals surface area contributed by atoms with Crippen molar-refractivity contribution in [3.63, 3.8) is 0 Å². The van der Waals surface area contributed by atoms with Gasteiger partial charge in [0.15, 0.2) is 0 Å². The normalized spacial score (nSPS) is 22.3. The van der Waals surface area contributed by atoms with Crippen molar-refractivity contribution in [1.29, 1.82) is 0 Å². The molecule has 0 aliphatic carbocycles. The minimum absolute atomic E-state index is 0.0654. The van der Waals surface area contributed by atoms with Crippen molar-refractivity contribution in [2.45, 2.75) is 57.0 Å². The molecule has 0 radical (unpaired) electrons. The number of hydrogen-bond donors (Lipinski definition) is 2. The zero-order chi connectivity index (χ0) is 23.2. The van der Waals surface area contributed by atoms with Crippen molar-refractivity contribution < 1.29 is 29.0 Å². The molecule has 2 heterocycles. The van der Waals surface area contributed by atoms with Crippen LogP contribution in [0.2, 0.25) is 0 Å². The SMILES string of the molecule is O=C(N[C@H](C(=O)O)C1CC2CCC(C1)N2C(=O)OCc1ccccc1)OCc1ccccc1. The monoisotopic (exact) mass is 452 g/mol. The Hall–Kier alpha value is -3.55. The van der Waals surface area contributed by atoms with Crippen molar-refractivity contribution in [2.24, 2.45) is 5.92 Å². The van der Waals surface area contributed by atoms with E-state index in [1.54, 1.807) is 4.90 Å². The molecule has 2 aromatic rings. The summed E-state index contributed by atoms with van der Waals surface area (Å²) in [5, 5.41) is 12.3. The fourth-order valence-corrected chi connectivity index (χ4v) is 4.86. The van der Waals surface area contributed by atoms with E-state index in [0.29, 0.717) is 12.8 Å². The van der Waals surface area contributed by atoms with E-state index in [9.17, 15) is 19.5 Å². The van der Waals surface area contributed by atoms with E-state index >= 15 is 0 Å². The van der Waals surface area contributed by atoms with E-state index in [2.05, 4.69) is 5.32 Å². The van der Waals surface area contributed by atoms with Crippen molar-refractivity contribution in [2.75, 3.05) is 0 Å². The van der Waals surface area contributed by atoms with Crippen LogP contribution in [0, 0.1) is 5.92 Å². The Kier molecular flexibility index (Phi) is 7.12. The Morgan fingerprint density at radius 2 is 1.39 bits per heavy atom. The Morgan fingerprint density at radius 1 is 0.879 bits per heavy atom. The van der Waals surface area contributed by atoms with Gasteiger partial charge in [-0.1, -0.05) is 60.7 Å². The summed E-state index contributed by atoms with van der Waals surface area (Å²) < 4.78 is 10.7. The van der Waals surface area contributed by atoms with Crippen LogP contribution in [0.4, 0.5) is 9.59 Å². The predicted molar refractivity (Wildman–Crippen MR) is 119 cm³/mol. The molecule has 0 saturated carbocycles. The molecule has 2 aliphatic heterocycles. The average molecular weight is 453 g/mol. The number of amides is 2. The Labute approximate surface area is 192 Å². The van der Waals surface area contributed by atoms with E-state index in [1.165, 1.54) is 0 Å². The fraction of sp³-hybridized carbons (Fsp3) is 0.400. The summed E-state index contributed by atoms with van der Waals surface area (Å²) in [5.41, 5.74) is 1.73. The van der Waals surface area contributed by atoms with Crippen molar-refractivity contribution in [1.82, 2.24) is 10.2 Å². The maximum atomic E-state index is 12.7. The molecule has 33 heavy (non-hydrogen) atoms. The molecule has 8 heteroatoms. The zero-order valence-corrected chi connectivity index (χ0v) is 18.3. The second-order valence-electron chi connectivity index (χ2n) is 8.59. The van der Waals surface area contributed by atoms with E-state index in [-0.39, 0.29) is 37.3 Å². The van der Waals surface area contributed by atoms with E-state index in [4.69, 9.17) is 9.47 Å². The molecule has 3 atom stereocenters. The second-order valence-corrected chi connectivity index (χ2v) is 8.59. The highest BCUT2D eigenvalue weighted by molar-refractivity contribution is 5.80. The van der Waals surface area contributed by atoms with Crippen LogP contribution >= 0.6 is 0 Å². The van der Waals surface area contributed by atoms with Gasteiger partial charge in [-0.15, -0.1) is 0 Å². The highest BCUT2D eigenvalue weighted by Gasteiger charge is 2.47. The van der Waals surface area contributed by atoms with Gasteiger partial charge in [-0.2, -0.15) is 0 Å². The smallest absolute Gasteiger partial charge is 0.410 e. The third kappa shape index (κ3) is 5.63. The van der Waals surface area contributed by atoms with E-state index in [0.717, 1.165) is 24.0 Å². The summed E-state index contributed by atoms with van der Waals surface area (Å²) in [7, 11) is 0. The summed E-state index contributed by atoms with van der Waals surface area (Å²) in [6.45, 7) is 0.265. The second kappa shape index (κ2) is 10.4. The first kappa shape index (κ1) is 22.6. The lowest BCUT2D eigenvalue weighted by Gasteiger charge is -2.40. The molecule has 2 amide bonds. The molecule has 174 valence electrons. The first-order valence-electron chi connectivity index (χ1n) is 11.2. The molecule has 2 N–H and O–H groups in total. The third-order valence-corrected chi connectivity index (χ3v) is 6.41. The molecule has 2 aliphatic rings. The summed E-state index contributed by atoms with van der Waals surface area (Å²) in [4.78, 5) is 38.7. The summed E-state index contributed by atoms with van der Waals surface area (Å²) >= 11 is 0. The van der Waals surface area contributed by atoms with Gasteiger partial charge >= 0.3 is 18.2 Å². The number of carbonyl (C=O) groups excluding carboxylic acids is 2. The van der Waals surface area contributed by atoms with Crippen LogP contribution < -0.4 is 5.32 Å². The Bertz CT molecular complexity index is 953. The van der Waals surface area contributed by atoms with Gasteiger partial charge in [0.2, 0.25) is 0 Å². The summed E-state index contributed by atoms with van der Waals surface area (Å²) in [6, 6.07) is 17.4. The number of carboxylic acids is 1. The van der Waals surface area contributed by atoms with Crippen molar-refractivity contribution >= 4 is 18.2 Å². The van der Waals surface area contributed by atoms with Crippen molar-refractivity contribution in [3.8, 4) is 0 Å². The van der Waals surface area contributed by atoms with Gasteiger partial charge < -0.3 is 24.8 Å². The number of aliphatic carboxylic acids is 1. The molecular weight excluding hydrogens is 424 g/mol. The van der Waals surface area contributed by atoms with Crippen LogP contribution in [0.15, 0.2) is 60.7 Å².